The molecule has 0 spiro atoms. The van der Waals surface area contributed by atoms with E-state index in [1.807, 2.05) is 86.8 Å². The van der Waals surface area contributed by atoms with Gasteiger partial charge in [-0.3, -0.25) is 0 Å². The third-order valence-electron chi connectivity index (χ3n) is 6.57. The van der Waals surface area contributed by atoms with Gasteiger partial charge in [0, 0.05) is 42.3 Å². The van der Waals surface area contributed by atoms with E-state index in [-0.39, 0.29) is 5.02 Å². The average molecular weight is 543 g/mol. The van der Waals surface area contributed by atoms with E-state index in [9.17, 15) is 9.18 Å². The van der Waals surface area contributed by atoms with Crippen LogP contribution in [-0.4, -0.2) is 28.6 Å². The molecular weight excluding hydrogens is 515 g/mol. The Kier molecular flexibility index (Phi) is 7.84. The van der Waals surface area contributed by atoms with Crippen LogP contribution < -0.4 is 9.47 Å². The minimum atomic E-state index is -0.510. The maximum Gasteiger partial charge on any atom is 0.415 e. The number of rotatable bonds is 8. The second kappa shape index (κ2) is 11.6. The number of fused-ring (bicyclic) bond motifs is 1. The van der Waals surface area contributed by atoms with Gasteiger partial charge in [0.15, 0.2) is 0 Å². The predicted octanol–water partition coefficient (Wildman–Crippen LogP) is 8.78. The summed E-state index contributed by atoms with van der Waals surface area (Å²) in [6.45, 7) is 5.44. The number of ether oxygens (including phenoxy) is 2. The Morgan fingerprint density at radius 2 is 1.67 bits per heavy atom. The number of benzene rings is 4. The first-order valence-corrected chi connectivity index (χ1v) is 13.2. The van der Waals surface area contributed by atoms with Crippen LogP contribution in [0.25, 0.3) is 22.0 Å². The first kappa shape index (κ1) is 26.3. The molecule has 1 aromatic heterocycles. The number of hydrogen-bond acceptors (Lipinski definition) is 3. The Bertz CT molecular complexity index is 1610. The molecule has 0 bridgehead atoms. The molecule has 5 rings (SSSR count). The van der Waals surface area contributed by atoms with Gasteiger partial charge >= 0.3 is 6.09 Å². The molecule has 0 N–H and O–H groups in total. The van der Waals surface area contributed by atoms with Crippen LogP contribution in [0.1, 0.15) is 19.4 Å². The van der Waals surface area contributed by atoms with Gasteiger partial charge in [0.25, 0.3) is 0 Å². The normalized spacial score (nSPS) is 11.0. The smallest absolute Gasteiger partial charge is 0.415 e. The lowest BCUT2D eigenvalue weighted by Gasteiger charge is -2.20. The number of amides is 1. The zero-order chi connectivity index (χ0) is 27.4. The minimum Gasteiger partial charge on any atom is -0.457 e. The van der Waals surface area contributed by atoms with Crippen molar-refractivity contribution >= 4 is 28.6 Å². The molecule has 0 unspecified atom stereocenters. The average Bonchev–Trinajstić information content (AvgIpc) is 3.34. The molecule has 1 heterocycles. The van der Waals surface area contributed by atoms with Gasteiger partial charge in [0.2, 0.25) is 0 Å². The second-order valence-corrected chi connectivity index (χ2v) is 9.45. The number of hydrogen-bond donors (Lipinski definition) is 0. The summed E-state index contributed by atoms with van der Waals surface area (Å²) in [5, 5.41) is 0.861. The van der Waals surface area contributed by atoms with Crippen molar-refractivity contribution in [3.8, 4) is 28.4 Å². The molecule has 0 aliphatic heterocycles. The molecule has 1 amide bonds. The summed E-state index contributed by atoms with van der Waals surface area (Å²) in [7, 11) is 0. The fourth-order valence-electron chi connectivity index (χ4n) is 4.59. The molecule has 5 aromatic rings. The van der Waals surface area contributed by atoms with Crippen molar-refractivity contribution in [3.63, 3.8) is 0 Å². The molecule has 4 aromatic carbocycles. The largest absolute Gasteiger partial charge is 0.457 e. The molecule has 0 fully saturated rings. The van der Waals surface area contributed by atoms with E-state index in [4.69, 9.17) is 21.1 Å². The van der Waals surface area contributed by atoms with Crippen molar-refractivity contribution in [1.29, 1.82) is 0 Å². The molecular formula is C32H28ClFN2O3. The Balaban J connectivity index is 1.52. The van der Waals surface area contributed by atoms with Gasteiger partial charge in [-0.1, -0.05) is 48.0 Å². The van der Waals surface area contributed by atoms with Crippen molar-refractivity contribution in [3.05, 3.63) is 114 Å². The zero-order valence-electron chi connectivity index (χ0n) is 21.7. The maximum atomic E-state index is 14.0. The van der Waals surface area contributed by atoms with Crippen LogP contribution in [0.5, 0.6) is 17.2 Å². The Hall–Kier alpha value is -4.29. The zero-order valence-corrected chi connectivity index (χ0v) is 22.5. The fraction of sp³-hybridized carbons (Fsp3) is 0.156. The van der Waals surface area contributed by atoms with Crippen LogP contribution in [0, 0.1) is 5.82 Å². The molecule has 0 atom stereocenters. The van der Waals surface area contributed by atoms with Crippen molar-refractivity contribution in [2.45, 2.75) is 20.4 Å². The molecule has 0 aliphatic rings. The molecule has 0 saturated carbocycles. The van der Waals surface area contributed by atoms with Gasteiger partial charge in [-0.25, -0.2) is 9.18 Å². The molecule has 0 saturated heterocycles. The summed E-state index contributed by atoms with van der Waals surface area (Å²) in [5.74, 6) is 1.40. The topological polar surface area (TPSA) is 43.7 Å². The molecule has 0 aliphatic carbocycles. The lowest BCUT2D eigenvalue weighted by atomic mass is 10.0. The van der Waals surface area contributed by atoms with Crippen LogP contribution in [0.3, 0.4) is 0 Å². The molecule has 198 valence electrons. The highest BCUT2D eigenvalue weighted by molar-refractivity contribution is 6.31. The number of halogens is 2. The Morgan fingerprint density at radius 1 is 0.897 bits per heavy atom. The molecule has 7 heteroatoms. The lowest BCUT2D eigenvalue weighted by Crippen LogP contribution is -2.33. The van der Waals surface area contributed by atoms with E-state index >= 15 is 0 Å². The highest BCUT2D eigenvalue weighted by Crippen LogP contribution is 2.39. The van der Waals surface area contributed by atoms with E-state index in [1.165, 1.54) is 6.07 Å². The predicted molar refractivity (Wildman–Crippen MR) is 153 cm³/mol. The minimum absolute atomic E-state index is 0.000172. The van der Waals surface area contributed by atoms with Gasteiger partial charge in [0.1, 0.15) is 23.1 Å². The van der Waals surface area contributed by atoms with E-state index in [0.29, 0.717) is 36.5 Å². The number of carbonyl (C=O) groups excluding carboxylic acids is 1. The van der Waals surface area contributed by atoms with Gasteiger partial charge in [-0.2, -0.15) is 0 Å². The van der Waals surface area contributed by atoms with Gasteiger partial charge in [-0.05, 0) is 79.6 Å². The van der Waals surface area contributed by atoms with Crippen LogP contribution >= 0.6 is 11.6 Å². The van der Waals surface area contributed by atoms with Crippen molar-refractivity contribution < 1.29 is 18.7 Å². The van der Waals surface area contributed by atoms with Gasteiger partial charge in [-0.15, -0.1) is 0 Å². The Morgan fingerprint density at radius 3 is 2.41 bits per heavy atom. The maximum absolute atomic E-state index is 14.0. The SMILES string of the molecule is CCN(CC)C(=O)Oc1ccc2c(ccn2Cc2cccc(Oc3ccccc3)c2)c1-c1ccc(F)c(Cl)c1. The number of aromatic nitrogens is 1. The molecule has 5 nitrogen and oxygen atoms in total. The molecule has 0 radical (unpaired) electrons. The highest BCUT2D eigenvalue weighted by atomic mass is 35.5. The van der Waals surface area contributed by atoms with E-state index in [0.717, 1.165) is 28.0 Å². The van der Waals surface area contributed by atoms with Crippen molar-refractivity contribution in [1.82, 2.24) is 9.47 Å². The number of carbonyl (C=O) groups is 1. The van der Waals surface area contributed by atoms with Crippen LogP contribution in [0.2, 0.25) is 5.02 Å². The first-order valence-electron chi connectivity index (χ1n) is 12.8. The number of nitrogens with zero attached hydrogens (tertiary/aromatic N) is 2. The first-order chi connectivity index (χ1) is 19.0. The lowest BCUT2D eigenvalue weighted by molar-refractivity contribution is 0.157. The third-order valence-corrected chi connectivity index (χ3v) is 6.86. The van der Waals surface area contributed by atoms with Gasteiger partial charge < -0.3 is 18.9 Å². The van der Waals surface area contributed by atoms with Crippen molar-refractivity contribution in [2.24, 2.45) is 0 Å². The standard InChI is InChI=1S/C32H28ClFN2O3/c1-3-35(4-2)32(37)39-30-16-15-29-26(31(30)23-13-14-28(34)27(33)20-23)17-18-36(29)21-22-9-8-12-25(19-22)38-24-10-6-5-7-11-24/h5-20H,3-4,21H2,1-2H3. The Labute approximate surface area is 232 Å². The quantitative estimate of drug-likeness (QED) is 0.197. The summed E-state index contributed by atoms with van der Waals surface area (Å²) in [4.78, 5) is 14.4. The summed E-state index contributed by atoms with van der Waals surface area (Å²) in [6, 6.07) is 27.8. The second-order valence-electron chi connectivity index (χ2n) is 9.05. The van der Waals surface area contributed by atoms with Crippen LogP contribution in [-0.2, 0) is 6.54 Å². The van der Waals surface area contributed by atoms with E-state index in [2.05, 4.69) is 4.57 Å². The van der Waals surface area contributed by atoms with Crippen molar-refractivity contribution in [2.75, 3.05) is 13.1 Å². The number of para-hydroxylation sites is 1. The van der Waals surface area contributed by atoms with E-state index < -0.39 is 11.9 Å². The summed E-state index contributed by atoms with van der Waals surface area (Å²) >= 11 is 6.15. The van der Waals surface area contributed by atoms with Crippen LogP contribution in [0.4, 0.5) is 9.18 Å². The molecule has 39 heavy (non-hydrogen) atoms. The summed E-state index contributed by atoms with van der Waals surface area (Å²) in [5.41, 5.74) is 3.33. The van der Waals surface area contributed by atoms with Gasteiger partial charge in [0.05, 0.1) is 5.02 Å². The monoisotopic (exact) mass is 542 g/mol. The summed E-state index contributed by atoms with van der Waals surface area (Å²) in [6.07, 6.45) is 1.54. The van der Waals surface area contributed by atoms with E-state index in [1.54, 1.807) is 23.1 Å². The van der Waals surface area contributed by atoms with Crippen LogP contribution in [0.15, 0.2) is 97.2 Å². The third kappa shape index (κ3) is 5.76. The summed E-state index contributed by atoms with van der Waals surface area (Å²) < 4.78 is 28.0. The highest BCUT2D eigenvalue weighted by Gasteiger charge is 2.20. The fourth-order valence-corrected chi connectivity index (χ4v) is 4.77.